The average Bonchev–Trinajstić information content (AvgIpc) is 3.41. The minimum Gasteiger partial charge on any atom is -0.345 e. The summed E-state index contributed by atoms with van der Waals surface area (Å²) in [6.07, 6.45) is 0. The van der Waals surface area contributed by atoms with Crippen molar-refractivity contribution in [1.82, 2.24) is 0 Å². The molecule has 0 saturated heterocycles. The fraction of sp³-hybridized carbons (Fsp3) is 0.192. The Morgan fingerprint density at radius 1 is 0.444 bits per heavy atom. The molecule has 0 amide bonds. The highest BCUT2D eigenvalue weighted by Gasteiger charge is 2.37. The average molecular weight is 705 g/mol. The summed E-state index contributed by atoms with van der Waals surface area (Å²) in [6.45, 7) is 16.4. The minimum atomic E-state index is -0.133. The first-order chi connectivity index (χ1) is 25.9. The van der Waals surface area contributed by atoms with Gasteiger partial charge < -0.3 is 9.80 Å². The van der Waals surface area contributed by atoms with Crippen molar-refractivity contribution in [2.24, 2.45) is 0 Å². The summed E-state index contributed by atoms with van der Waals surface area (Å²) in [5.41, 5.74) is 17.8. The van der Waals surface area contributed by atoms with E-state index in [-0.39, 0.29) is 10.8 Å². The number of aryl methyl sites for hydroxylation is 2. The molecular formula is C52H52N2. The molecule has 0 radical (unpaired) electrons. The Kier molecular flexibility index (Phi) is 10.1. The second kappa shape index (κ2) is 14.9. The van der Waals surface area contributed by atoms with E-state index < -0.39 is 0 Å². The number of hydrogen-bond acceptors (Lipinski definition) is 2. The highest BCUT2D eigenvalue weighted by Crippen LogP contribution is 2.53. The van der Waals surface area contributed by atoms with Crippen LogP contribution in [0.3, 0.4) is 0 Å². The van der Waals surface area contributed by atoms with Crippen LogP contribution in [0.5, 0.6) is 0 Å². The molecular weight excluding hydrogens is 653 g/mol. The predicted molar refractivity (Wildman–Crippen MR) is 233 cm³/mol. The van der Waals surface area contributed by atoms with E-state index in [9.17, 15) is 0 Å². The van der Waals surface area contributed by atoms with Gasteiger partial charge in [-0.15, -0.1) is 0 Å². The topological polar surface area (TPSA) is 6.48 Å². The zero-order valence-electron chi connectivity index (χ0n) is 33.1. The zero-order valence-corrected chi connectivity index (χ0v) is 33.1. The Hall–Kier alpha value is -5.86. The molecule has 0 N–H and O–H groups in total. The molecule has 1 aliphatic rings. The van der Waals surface area contributed by atoms with Gasteiger partial charge in [-0.3, -0.25) is 0 Å². The molecule has 0 atom stereocenters. The van der Waals surface area contributed by atoms with Gasteiger partial charge in [-0.2, -0.15) is 0 Å². The molecule has 7 aromatic carbocycles. The van der Waals surface area contributed by atoms with Crippen LogP contribution in [0, 0.1) is 13.8 Å². The second-order valence-corrected chi connectivity index (χ2v) is 16.1. The van der Waals surface area contributed by atoms with E-state index in [4.69, 9.17) is 0 Å². The van der Waals surface area contributed by atoms with Gasteiger partial charge in [0.15, 0.2) is 0 Å². The predicted octanol–water partition coefficient (Wildman–Crippen LogP) is 14.5. The van der Waals surface area contributed by atoms with Gasteiger partial charge in [0.05, 0.1) is 0 Å². The van der Waals surface area contributed by atoms with Crippen LogP contribution < -0.4 is 9.80 Å². The Morgan fingerprint density at radius 2 is 0.907 bits per heavy atom. The summed E-state index contributed by atoms with van der Waals surface area (Å²) >= 11 is 0. The summed E-state index contributed by atoms with van der Waals surface area (Å²) in [4.78, 5) is 4.67. The van der Waals surface area contributed by atoms with E-state index in [1.54, 1.807) is 0 Å². The number of fused-ring (bicyclic) bond motifs is 3. The minimum absolute atomic E-state index is 0.0693. The van der Waals surface area contributed by atoms with Crippen LogP contribution in [0.1, 0.15) is 62.4 Å². The van der Waals surface area contributed by atoms with E-state index >= 15 is 0 Å². The number of anilines is 5. The van der Waals surface area contributed by atoms with Crippen LogP contribution in [0.2, 0.25) is 0 Å². The molecule has 2 nitrogen and oxygen atoms in total. The summed E-state index contributed by atoms with van der Waals surface area (Å²) < 4.78 is 0. The van der Waals surface area contributed by atoms with Crippen LogP contribution in [0.4, 0.5) is 28.4 Å². The van der Waals surface area contributed by atoms with Gasteiger partial charge in [-0.05, 0) is 136 Å². The van der Waals surface area contributed by atoms with E-state index in [1.165, 1.54) is 67.1 Å². The van der Waals surface area contributed by atoms with E-state index in [2.05, 4.69) is 199 Å². The number of rotatable bonds is 6. The number of benzene rings is 7. The normalized spacial score (nSPS) is 12.6. The first-order valence-corrected chi connectivity index (χ1v) is 19.1. The van der Waals surface area contributed by atoms with E-state index in [0.29, 0.717) is 0 Å². The van der Waals surface area contributed by atoms with Crippen molar-refractivity contribution in [1.29, 1.82) is 0 Å². The van der Waals surface area contributed by atoms with Crippen molar-refractivity contribution in [2.45, 2.75) is 59.3 Å². The molecule has 0 saturated carbocycles. The SMILES string of the molecule is Cc1cc(N(c2ccccc2)c2ccccc2)cc(C(C)(C)C)c1-c1ccc2c(c1)C(C)(C)c1cc(N(C)c3ccccc3)cc(C)c1-2.c1ccccc1. The number of hydrogen-bond donors (Lipinski definition) is 0. The van der Waals surface area contributed by atoms with Gasteiger partial charge in [-0.25, -0.2) is 0 Å². The van der Waals surface area contributed by atoms with Crippen molar-refractivity contribution < 1.29 is 0 Å². The van der Waals surface area contributed by atoms with Crippen LogP contribution >= 0.6 is 0 Å². The maximum atomic E-state index is 2.48. The van der Waals surface area contributed by atoms with Crippen molar-refractivity contribution in [3.8, 4) is 22.3 Å². The third kappa shape index (κ3) is 7.09. The Bertz CT molecular complexity index is 2290. The lowest BCUT2D eigenvalue weighted by Gasteiger charge is -2.31. The van der Waals surface area contributed by atoms with Crippen LogP contribution in [-0.4, -0.2) is 7.05 Å². The summed E-state index contributed by atoms with van der Waals surface area (Å²) in [6, 6.07) is 60.8. The Labute approximate surface area is 323 Å². The lowest BCUT2D eigenvalue weighted by molar-refractivity contribution is 0.591. The highest BCUT2D eigenvalue weighted by atomic mass is 15.1. The number of nitrogens with zero attached hydrogens (tertiary/aromatic N) is 2. The second-order valence-electron chi connectivity index (χ2n) is 16.1. The highest BCUT2D eigenvalue weighted by molar-refractivity contribution is 5.89. The monoisotopic (exact) mass is 704 g/mol. The summed E-state index contributed by atoms with van der Waals surface area (Å²) in [7, 11) is 2.17. The van der Waals surface area contributed by atoms with Crippen LogP contribution in [0.15, 0.2) is 170 Å². The summed E-state index contributed by atoms with van der Waals surface area (Å²) in [5, 5.41) is 0. The van der Waals surface area contributed by atoms with Gasteiger partial charge in [0.25, 0.3) is 0 Å². The molecule has 0 spiro atoms. The molecule has 0 bridgehead atoms. The van der Waals surface area contributed by atoms with Crippen molar-refractivity contribution in [3.05, 3.63) is 198 Å². The summed E-state index contributed by atoms with van der Waals surface area (Å²) in [5.74, 6) is 0. The van der Waals surface area contributed by atoms with Gasteiger partial charge in [0.1, 0.15) is 0 Å². The number of para-hydroxylation sites is 3. The molecule has 7 aromatic rings. The third-order valence-corrected chi connectivity index (χ3v) is 10.9. The van der Waals surface area contributed by atoms with Crippen molar-refractivity contribution >= 4 is 28.4 Å². The first kappa shape index (κ1) is 36.5. The smallest absolute Gasteiger partial charge is 0.0467 e. The molecule has 54 heavy (non-hydrogen) atoms. The fourth-order valence-electron chi connectivity index (χ4n) is 8.05. The largest absolute Gasteiger partial charge is 0.345 e. The van der Waals surface area contributed by atoms with Crippen molar-refractivity contribution in [2.75, 3.05) is 16.8 Å². The van der Waals surface area contributed by atoms with Crippen LogP contribution in [-0.2, 0) is 10.8 Å². The van der Waals surface area contributed by atoms with Gasteiger partial charge in [0.2, 0.25) is 0 Å². The lowest BCUT2D eigenvalue weighted by Crippen LogP contribution is -2.18. The quantitative estimate of drug-likeness (QED) is 0.170. The maximum Gasteiger partial charge on any atom is 0.0467 e. The van der Waals surface area contributed by atoms with Crippen molar-refractivity contribution in [3.63, 3.8) is 0 Å². The van der Waals surface area contributed by atoms with E-state index in [1.807, 2.05) is 36.4 Å². The van der Waals surface area contributed by atoms with Gasteiger partial charge >= 0.3 is 0 Å². The third-order valence-electron chi connectivity index (χ3n) is 10.9. The molecule has 0 aliphatic heterocycles. The standard InChI is InChI=1S/C46H46N2.C6H6/c1-31-27-38(48(35-20-14-10-15-21-35)36-22-16-11-17-23-36)30-41(45(3,4)5)43(31)33-24-25-39-40(28-33)46(6,7)42-29-37(26-32(2)44(39)42)47(8)34-18-12-9-13-19-34;1-2-4-6-5-3-1/h9-30H,1-8H3;1-6H. The van der Waals surface area contributed by atoms with E-state index in [0.717, 1.165) is 11.4 Å². The maximum absolute atomic E-state index is 2.48. The fourth-order valence-corrected chi connectivity index (χ4v) is 8.05. The molecule has 8 rings (SSSR count). The molecule has 0 fully saturated rings. The van der Waals surface area contributed by atoms with Gasteiger partial charge in [-0.1, -0.05) is 138 Å². The molecule has 270 valence electrons. The zero-order chi connectivity index (χ0) is 38.0. The molecule has 0 heterocycles. The molecule has 0 unspecified atom stereocenters. The molecule has 0 aromatic heterocycles. The van der Waals surface area contributed by atoms with Gasteiger partial charge in [0, 0.05) is 40.9 Å². The van der Waals surface area contributed by atoms with Crippen LogP contribution in [0.25, 0.3) is 22.3 Å². The molecule has 2 heteroatoms. The first-order valence-electron chi connectivity index (χ1n) is 19.1. The molecule has 1 aliphatic carbocycles. The lowest BCUT2D eigenvalue weighted by atomic mass is 9.77. The Balaban J connectivity index is 0.000000684. The Morgan fingerprint density at radius 3 is 1.43 bits per heavy atom.